The minimum Gasteiger partial charge on any atom is -0.326 e. The number of aromatic amines is 1. The van der Waals surface area contributed by atoms with Crippen molar-refractivity contribution in [1.29, 1.82) is 0 Å². The van der Waals surface area contributed by atoms with Crippen molar-refractivity contribution >= 4 is 46.0 Å². The lowest BCUT2D eigenvalue weighted by Crippen LogP contribution is -2.65. The standard InChI is InChI=1S/C26H23ClF4N6O3/c27-22-14(28)3-6-18-21(22)25(7-9-32-10-8-25)24(40)37(18,13-20(38)36-11-1-2-19(36)26(29,30)31)23(39)16-5-4-15-17(34-16)12-33-35-15/h3-6,12,19,32H,1-2,7-11,13H2/p+1/t19-,37?/m0/s1. The minimum absolute atomic E-state index is 0.0199. The molecule has 2 fully saturated rings. The van der Waals surface area contributed by atoms with Crippen LogP contribution in [0.25, 0.3) is 11.0 Å². The highest BCUT2D eigenvalue weighted by Gasteiger charge is 2.68. The van der Waals surface area contributed by atoms with Crippen molar-refractivity contribution in [3.8, 4) is 0 Å². The average molecular weight is 580 g/mol. The van der Waals surface area contributed by atoms with E-state index in [2.05, 4.69) is 20.5 Å². The summed E-state index contributed by atoms with van der Waals surface area (Å²) in [5, 5.41) is 9.38. The molecule has 0 saturated carbocycles. The van der Waals surface area contributed by atoms with E-state index >= 15 is 0 Å². The highest BCUT2D eigenvalue weighted by atomic mass is 35.5. The number of hydrogen-bond acceptors (Lipinski definition) is 6. The van der Waals surface area contributed by atoms with E-state index in [0.717, 1.165) is 6.07 Å². The number of likely N-dealkylation sites (tertiary alicyclic amines) is 1. The number of pyridine rings is 1. The number of carbonyl (C=O) groups excluding carboxylic acids is 3. The molecule has 0 radical (unpaired) electrons. The summed E-state index contributed by atoms with van der Waals surface area (Å²) < 4.78 is 55.0. The molecule has 0 aliphatic carbocycles. The molecular weight excluding hydrogens is 556 g/mol. The lowest BCUT2D eigenvalue weighted by molar-refractivity contribution is -0.182. The van der Waals surface area contributed by atoms with Gasteiger partial charge in [-0.15, -0.1) is 0 Å². The van der Waals surface area contributed by atoms with E-state index in [4.69, 9.17) is 11.6 Å². The fourth-order valence-corrected chi connectivity index (χ4v) is 6.83. The van der Waals surface area contributed by atoms with Crippen molar-refractivity contribution in [2.24, 2.45) is 0 Å². The summed E-state index contributed by atoms with van der Waals surface area (Å²) in [5.74, 6) is -3.46. The molecule has 3 aromatic rings. The molecule has 2 atom stereocenters. The molecule has 1 spiro atoms. The Kier molecular flexibility index (Phi) is 6.24. The predicted molar refractivity (Wildman–Crippen MR) is 136 cm³/mol. The van der Waals surface area contributed by atoms with Gasteiger partial charge in [-0.25, -0.2) is 19.0 Å². The number of piperidine rings is 1. The Balaban J connectivity index is 1.56. The van der Waals surface area contributed by atoms with Gasteiger partial charge in [0.25, 0.3) is 5.91 Å². The molecule has 3 aliphatic rings. The van der Waals surface area contributed by atoms with E-state index < -0.39 is 52.2 Å². The molecule has 2 aromatic heterocycles. The Hall–Kier alpha value is -3.42. The van der Waals surface area contributed by atoms with Gasteiger partial charge in [0.05, 0.1) is 22.3 Å². The van der Waals surface area contributed by atoms with Crippen molar-refractivity contribution in [3.63, 3.8) is 0 Å². The molecule has 3 amide bonds. The van der Waals surface area contributed by atoms with Gasteiger partial charge in [-0.05, 0) is 57.0 Å². The van der Waals surface area contributed by atoms with E-state index in [1.807, 2.05) is 0 Å². The number of H-pyrrole nitrogens is 1. The number of nitrogens with zero attached hydrogens (tertiary/aromatic N) is 4. The van der Waals surface area contributed by atoms with Gasteiger partial charge in [-0.1, -0.05) is 11.6 Å². The summed E-state index contributed by atoms with van der Waals surface area (Å²) in [6, 6.07) is 3.09. The molecule has 1 unspecified atom stereocenters. The van der Waals surface area contributed by atoms with Gasteiger partial charge in [0, 0.05) is 12.6 Å². The topological polar surface area (TPSA) is 108 Å². The average Bonchev–Trinajstić information content (AvgIpc) is 3.65. The van der Waals surface area contributed by atoms with E-state index in [0.29, 0.717) is 29.0 Å². The van der Waals surface area contributed by atoms with Crippen molar-refractivity contribution in [3.05, 3.63) is 52.6 Å². The molecule has 2 N–H and O–H groups in total. The Morgan fingerprint density at radius 2 is 1.93 bits per heavy atom. The van der Waals surface area contributed by atoms with Crippen LogP contribution in [0.3, 0.4) is 0 Å². The third-order valence-electron chi connectivity index (χ3n) is 8.36. The normalized spacial score (nSPS) is 24.2. The molecule has 1 aromatic carbocycles. The largest absolute Gasteiger partial charge is 0.408 e. The lowest BCUT2D eigenvalue weighted by Gasteiger charge is -2.35. The van der Waals surface area contributed by atoms with Gasteiger partial charge in [-0.2, -0.15) is 22.8 Å². The predicted octanol–water partition coefficient (Wildman–Crippen LogP) is 3.61. The Bertz CT molecular complexity index is 1550. The Morgan fingerprint density at radius 3 is 2.65 bits per heavy atom. The number of quaternary nitrogens is 1. The second kappa shape index (κ2) is 9.32. The van der Waals surface area contributed by atoms with Crippen molar-refractivity contribution in [1.82, 2.24) is 29.9 Å². The number of rotatable bonds is 3. The van der Waals surface area contributed by atoms with Gasteiger partial charge in [0.15, 0.2) is 17.9 Å². The van der Waals surface area contributed by atoms with Gasteiger partial charge >= 0.3 is 18.0 Å². The third kappa shape index (κ3) is 3.78. The van der Waals surface area contributed by atoms with Crippen LogP contribution in [0.2, 0.25) is 5.02 Å². The molecule has 0 bridgehead atoms. The first-order valence-electron chi connectivity index (χ1n) is 12.8. The Morgan fingerprint density at radius 1 is 1.18 bits per heavy atom. The summed E-state index contributed by atoms with van der Waals surface area (Å²) in [6.07, 6.45) is -3.14. The fraction of sp³-hybridized carbons (Fsp3) is 0.423. The molecule has 210 valence electrons. The quantitative estimate of drug-likeness (QED) is 0.279. The lowest BCUT2D eigenvalue weighted by atomic mass is 9.74. The number of aromatic nitrogens is 3. The van der Waals surface area contributed by atoms with Crippen LogP contribution in [0.1, 0.15) is 41.7 Å². The molecule has 14 heteroatoms. The first-order chi connectivity index (χ1) is 19.0. The first kappa shape index (κ1) is 26.8. The van der Waals surface area contributed by atoms with Crippen molar-refractivity contribution in [2.45, 2.75) is 43.3 Å². The highest BCUT2D eigenvalue weighted by molar-refractivity contribution is 6.34. The summed E-state index contributed by atoms with van der Waals surface area (Å²) in [6.45, 7) is -0.389. The first-order valence-corrected chi connectivity index (χ1v) is 13.2. The monoisotopic (exact) mass is 579 g/mol. The molecule has 3 aliphatic heterocycles. The maximum atomic E-state index is 14.9. The number of benzene rings is 1. The smallest absolute Gasteiger partial charge is 0.326 e. The summed E-state index contributed by atoms with van der Waals surface area (Å²) >= 11 is 6.47. The second-order valence-corrected chi connectivity index (χ2v) is 10.8. The van der Waals surface area contributed by atoms with Crippen LogP contribution in [0.15, 0.2) is 30.5 Å². The van der Waals surface area contributed by atoms with E-state index in [9.17, 15) is 31.9 Å². The van der Waals surface area contributed by atoms with Crippen LogP contribution >= 0.6 is 11.6 Å². The molecule has 9 nitrogen and oxygen atoms in total. The molecule has 6 rings (SSSR count). The highest BCUT2D eigenvalue weighted by Crippen LogP contribution is 2.55. The molecule has 5 heterocycles. The maximum Gasteiger partial charge on any atom is 0.408 e. The zero-order chi connectivity index (χ0) is 28.4. The zero-order valence-electron chi connectivity index (χ0n) is 21.0. The molecular formula is C26H24ClF4N6O3+. The molecule has 40 heavy (non-hydrogen) atoms. The number of fused-ring (bicyclic) bond motifs is 3. The number of hydrogen-bond donors (Lipinski definition) is 2. The number of halogens is 5. The Labute approximate surface area is 230 Å². The van der Waals surface area contributed by atoms with Gasteiger partial charge in [0.1, 0.15) is 22.8 Å². The third-order valence-corrected chi connectivity index (χ3v) is 8.73. The van der Waals surface area contributed by atoms with Crippen LogP contribution in [-0.2, 0) is 15.0 Å². The number of nitrogens with one attached hydrogen (secondary N) is 2. The zero-order valence-corrected chi connectivity index (χ0v) is 21.8. The van der Waals surface area contributed by atoms with E-state index in [-0.39, 0.29) is 54.2 Å². The van der Waals surface area contributed by atoms with Crippen LogP contribution in [-0.4, -0.2) is 76.2 Å². The summed E-state index contributed by atoms with van der Waals surface area (Å²) in [5.41, 5.74) is -0.719. The molecule has 2 saturated heterocycles. The van der Waals surface area contributed by atoms with Crippen LogP contribution in [0.5, 0.6) is 0 Å². The van der Waals surface area contributed by atoms with E-state index in [1.54, 1.807) is 0 Å². The van der Waals surface area contributed by atoms with Gasteiger partial charge in [0.2, 0.25) is 0 Å². The van der Waals surface area contributed by atoms with Gasteiger partial charge < -0.3 is 10.2 Å². The van der Waals surface area contributed by atoms with Crippen LogP contribution in [0, 0.1) is 5.82 Å². The number of carbonyl (C=O) groups is 3. The fourth-order valence-electron chi connectivity index (χ4n) is 6.49. The number of alkyl halides is 3. The second-order valence-electron chi connectivity index (χ2n) is 10.5. The number of amides is 3. The summed E-state index contributed by atoms with van der Waals surface area (Å²) in [7, 11) is 0. The van der Waals surface area contributed by atoms with E-state index in [1.165, 1.54) is 24.4 Å². The van der Waals surface area contributed by atoms with Crippen LogP contribution in [0.4, 0.5) is 23.2 Å². The number of imide groups is 1. The van der Waals surface area contributed by atoms with Crippen molar-refractivity contribution < 1.29 is 31.9 Å². The van der Waals surface area contributed by atoms with Gasteiger partial charge in [-0.3, -0.25) is 9.89 Å². The van der Waals surface area contributed by atoms with Crippen LogP contribution < -0.4 is 9.80 Å². The SMILES string of the molecule is O=C(C[N+]1(C(=O)c2ccc3[nH]ncc3n2)C(=O)C2(CCNCC2)c2c1ccc(F)c2Cl)N1CCC[C@H]1C(F)(F)F. The van der Waals surface area contributed by atoms with Crippen molar-refractivity contribution in [2.75, 3.05) is 26.2 Å². The minimum atomic E-state index is -4.68. The summed E-state index contributed by atoms with van der Waals surface area (Å²) in [4.78, 5) is 47.9. The maximum absolute atomic E-state index is 14.9.